The summed E-state index contributed by atoms with van der Waals surface area (Å²) in [6, 6.07) is 6.85. The molecular weight excluding hydrogens is 234 g/mol. The molecule has 1 amide bonds. The average molecular weight is 251 g/mol. The van der Waals surface area contributed by atoms with Crippen LogP contribution in [0, 0.1) is 0 Å². The minimum atomic E-state index is -0.930. The molecule has 0 saturated heterocycles. The number of carbonyl (C=O) groups is 2. The number of nitrogens with one attached hydrogen (secondary N) is 1. The highest BCUT2D eigenvalue weighted by Crippen LogP contribution is 2.17. The smallest absolute Gasteiger partial charge is 0.305 e. The molecule has 0 aliphatic heterocycles. The van der Waals surface area contributed by atoms with Crippen molar-refractivity contribution in [2.75, 3.05) is 7.11 Å². The van der Waals surface area contributed by atoms with E-state index in [-0.39, 0.29) is 24.8 Å². The van der Waals surface area contributed by atoms with Crippen LogP contribution in [0.5, 0.6) is 5.75 Å². The molecule has 5 heteroatoms. The third-order valence-corrected chi connectivity index (χ3v) is 2.43. The molecule has 1 aromatic rings. The largest absolute Gasteiger partial charge is 0.496 e. The highest BCUT2D eigenvalue weighted by molar-refractivity contribution is 5.80. The van der Waals surface area contributed by atoms with E-state index in [1.54, 1.807) is 26.2 Å². The van der Waals surface area contributed by atoms with Crippen molar-refractivity contribution in [1.82, 2.24) is 5.32 Å². The first-order valence-corrected chi connectivity index (χ1v) is 5.66. The van der Waals surface area contributed by atoms with Gasteiger partial charge in [0.1, 0.15) is 5.75 Å². The van der Waals surface area contributed by atoms with E-state index in [1.165, 1.54) is 0 Å². The summed E-state index contributed by atoms with van der Waals surface area (Å²) < 4.78 is 5.14. The Morgan fingerprint density at radius 2 is 2.06 bits per heavy atom. The van der Waals surface area contributed by atoms with E-state index in [9.17, 15) is 9.59 Å². The maximum atomic E-state index is 11.7. The van der Waals surface area contributed by atoms with Crippen molar-refractivity contribution in [1.29, 1.82) is 0 Å². The molecule has 5 nitrogen and oxygen atoms in total. The third-order valence-electron chi connectivity index (χ3n) is 2.43. The van der Waals surface area contributed by atoms with Gasteiger partial charge in [0.15, 0.2) is 0 Å². The Kier molecular flexibility index (Phi) is 5.17. The standard InChI is InChI=1S/C13H17NO4/c1-9(7-13(16)17)14-12(15)8-10-5-3-4-6-11(10)18-2/h3-6,9H,7-8H2,1-2H3,(H,14,15)(H,16,17). The first kappa shape index (κ1) is 14.0. The minimum Gasteiger partial charge on any atom is -0.496 e. The molecule has 0 heterocycles. The summed E-state index contributed by atoms with van der Waals surface area (Å²) in [6.45, 7) is 1.66. The molecule has 2 N–H and O–H groups in total. The van der Waals surface area contributed by atoms with E-state index in [2.05, 4.69) is 5.32 Å². The number of carboxylic acid groups (broad SMARTS) is 1. The molecule has 98 valence electrons. The second kappa shape index (κ2) is 6.64. The summed E-state index contributed by atoms with van der Waals surface area (Å²) in [5, 5.41) is 11.2. The predicted octanol–water partition coefficient (Wildman–Crippen LogP) is 1.22. The molecule has 0 aromatic heterocycles. The molecule has 18 heavy (non-hydrogen) atoms. The van der Waals surface area contributed by atoms with Crippen LogP contribution in [-0.2, 0) is 16.0 Å². The van der Waals surface area contributed by atoms with Crippen LogP contribution in [0.4, 0.5) is 0 Å². The van der Waals surface area contributed by atoms with Crippen LogP contribution in [0.15, 0.2) is 24.3 Å². The van der Waals surface area contributed by atoms with Gasteiger partial charge < -0.3 is 15.2 Å². The van der Waals surface area contributed by atoms with Crippen molar-refractivity contribution in [2.45, 2.75) is 25.8 Å². The lowest BCUT2D eigenvalue weighted by molar-refractivity contribution is -0.137. The first-order valence-electron chi connectivity index (χ1n) is 5.66. The fourth-order valence-corrected chi connectivity index (χ4v) is 1.66. The lowest BCUT2D eigenvalue weighted by Gasteiger charge is -2.12. The van der Waals surface area contributed by atoms with Gasteiger partial charge in [-0.05, 0) is 13.0 Å². The predicted molar refractivity (Wildman–Crippen MR) is 66.6 cm³/mol. The van der Waals surface area contributed by atoms with Gasteiger partial charge in [-0.15, -0.1) is 0 Å². The normalized spacial score (nSPS) is 11.7. The number of para-hydroxylation sites is 1. The summed E-state index contributed by atoms with van der Waals surface area (Å²) in [7, 11) is 1.55. The van der Waals surface area contributed by atoms with Crippen LogP contribution in [-0.4, -0.2) is 30.1 Å². The van der Waals surface area contributed by atoms with E-state index in [4.69, 9.17) is 9.84 Å². The summed E-state index contributed by atoms with van der Waals surface area (Å²) in [6.07, 6.45) is 0.0889. The zero-order valence-electron chi connectivity index (χ0n) is 10.5. The highest BCUT2D eigenvalue weighted by Gasteiger charge is 2.13. The third kappa shape index (κ3) is 4.45. The van der Waals surface area contributed by atoms with E-state index in [1.807, 2.05) is 12.1 Å². The fraction of sp³-hybridized carbons (Fsp3) is 0.385. The lowest BCUT2D eigenvalue weighted by Crippen LogP contribution is -2.35. The molecule has 0 bridgehead atoms. The molecular formula is C13H17NO4. The fourth-order valence-electron chi connectivity index (χ4n) is 1.66. The van der Waals surface area contributed by atoms with Gasteiger partial charge in [-0.25, -0.2) is 0 Å². The monoisotopic (exact) mass is 251 g/mol. The Morgan fingerprint density at radius 1 is 1.39 bits per heavy atom. The topological polar surface area (TPSA) is 75.6 Å². The Morgan fingerprint density at radius 3 is 2.67 bits per heavy atom. The molecule has 1 atom stereocenters. The zero-order chi connectivity index (χ0) is 13.5. The Labute approximate surface area is 106 Å². The number of hydrogen-bond donors (Lipinski definition) is 2. The summed E-state index contributed by atoms with van der Waals surface area (Å²) in [4.78, 5) is 22.2. The quantitative estimate of drug-likeness (QED) is 0.797. The molecule has 0 aliphatic carbocycles. The second-order valence-corrected chi connectivity index (χ2v) is 4.06. The Hall–Kier alpha value is -2.04. The molecule has 1 aromatic carbocycles. The Bertz CT molecular complexity index is 431. The maximum Gasteiger partial charge on any atom is 0.305 e. The van der Waals surface area contributed by atoms with Crippen LogP contribution >= 0.6 is 0 Å². The summed E-state index contributed by atoms with van der Waals surface area (Å²) >= 11 is 0. The van der Waals surface area contributed by atoms with E-state index in [0.29, 0.717) is 5.75 Å². The Balaban J connectivity index is 2.56. The van der Waals surface area contributed by atoms with Crippen LogP contribution in [0.25, 0.3) is 0 Å². The summed E-state index contributed by atoms with van der Waals surface area (Å²) in [5.41, 5.74) is 0.778. The van der Waals surface area contributed by atoms with E-state index in [0.717, 1.165) is 5.56 Å². The molecule has 0 spiro atoms. The number of amides is 1. The highest BCUT2D eigenvalue weighted by atomic mass is 16.5. The molecule has 0 aliphatic rings. The van der Waals surface area contributed by atoms with Crippen molar-refractivity contribution in [3.05, 3.63) is 29.8 Å². The number of hydrogen-bond acceptors (Lipinski definition) is 3. The lowest BCUT2D eigenvalue weighted by atomic mass is 10.1. The van der Waals surface area contributed by atoms with Crippen LogP contribution in [0.1, 0.15) is 18.9 Å². The number of ether oxygens (including phenoxy) is 1. The van der Waals surface area contributed by atoms with Gasteiger partial charge in [0.25, 0.3) is 0 Å². The van der Waals surface area contributed by atoms with Crippen molar-refractivity contribution >= 4 is 11.9 Å². The molecule has 0 fully saturated rings. The van der Waals surface area contributed by atoms with Crippen molar-refractivity contribution in [3.63, 3.8) is 0 Å². The van der Waals surface area contributed by atoms with Crippen LogP contribution < -0.4 is 10.1 Å². The molecule has 0 saturated carbocycles. The van der Waals surface area contributed by atoms with E-state index < -0.39 is 5.97 Å². The number of aliphatic carboxylic acids is 1. The van der Waals surface area contributed by atoms with Gasteiger partial charge in [0, 0.05) is 11.6 Å². The second-order valence-electron chi connectivity index (χ2n) is 4.06. The molecule has 1 unspecified atom stereocenters. The van der Waals surface area contributed by atoms with Gasteiger partial charge in [-0.1, -0.05) is 18.2 Å². The number of rotatable bonds is 6. The van der Waals surface area contributed by atoms with Gasteiger partial charge in [0.2, 0.25) is 5.91 Å². The minimum absolute atomic E-state index is 0.0857. The van der Waals surface area contributed by atoms with Gasteiger partial charge in [0.05, 0.1) is 20.0 Å². The van der Waals surface area contributed by atoms with Gasteiger partial charge in [-0.3, -0.25) is 9.59 Å². The van der Waals surface area contributed by atoms with Crippen molar-refractivity contribution in [3.8, 4) is 5.75 Å². The number of carboxylic acids is 1. The first-order chi connectivity index (χ1) is 8.52. The van der Waals surface area contributed by atoms with Crippen LogP contribution in [0.2, 0.25) is 0 Å². The zero-order valence-corrected chi connectivity index (χ0v) is 10.5. The number of methoxy groups -OCH3 is 1. The SMILES string of the molecule is COc1ccccc1CC(=O)NC(C)CC(=O)O. The van der Waals surface area contributed by atoms with Crippen molar-refractivity contribution < 1.29 is 19.4 Å². The summed E-state index contributed by atoms with van der Waals surface area (Å²) in [5.74, 6) is -0.494. The van der Waals surface area contributed by atoms with Crippen molar-refractivity contribution in [2.24, 2.45) is 0 Å². The maximum absolute atomic E-state index is 11.7. The number of benzene rings is 1. The van der Waals surface area contributed by atoms with Gasteiger partial charge in [-0.2, -0.15) is 0 Å². The van der Waals surface area contributed by atoms with E-state index >= 15 is 0 Å². The molecule has 0 radical (unpaired) electrons. The average Bonchev–Trinajstić information content (AvgIpc) is 2.28. The van der Waals surface area contributed by atoms with Crippen LogP contribution in [0.3, 0.4) is 0 Å². The molecule has 1 rings (SSSR count). The number of carbonyl (C=O) groups excluding carboxylic acids is 1. The van der Waals surface area contributed by atoms with Gasteiger partial charge >= 0.3 is 5.97 Å².